The molecule has 0 radical (unpaired) electrons. The standard InChI is InChI=1S/C15H17F2N3O/c1-8-12(18)19-14(15(2,3)4)20-13(8)21-10-7-5-6-9(16)11(10)17/h5-7H,1-4H3,(H2,18,19,20). The minimum atomic E-state index is -1.06. The largest absolute Gasteiger partial charge is 0.435 e. The van der Waals surface area contributed by atoms with Gasteiger partial charge < -0.3 is 10.5 Å². The van der Waals surface area contributed by atoms with Gasteiger partial charge in [-0.25, -0.2) is 9.37 Å². The van der Waals surface area contributed by atoms with Gasteiger partial charge in [0.25, 0.3) is 0 Å². The van der Waals surface area contributed by atoms with Crippen LogP contribution in [-0.2, 0) is 5.41 Å². The van der Waals surface area contributed by atoms with E-state index >= 15 is 0 Å². The highest BCUT2D eigenvalue weighted by molar-refractivity contribution is 5.46. The van der Waals surface area contributed by atoms with E-state index in [1.54, 1.807) is 6.92 Å². The summed E-state index contributed by atoms with van der Waals surface area (Å²) in [6.45, 7) is 7.42. The first-order valence-electron chi connectivity index (χ1n) is 6.46. The molecule has 6 heteroatoms. The van der Waals surface area contributed by atoms with Gasteiger partial charge in [0.05, 0.1) is 5.56 Å². The van der Waals surface area contributed by atoms with Crippen LogP contribution in [0.1, 0.15) is 32.2 Å². The van der Waals surface area contributed by atoms with Crippen molar-refractivity contribution in [2.24, 2.45) is 0 Å². The van der Waals surface area contributed by atoms with Crippen molar-refractivity contribution in [3.8, 4) is 11.6 Å². The van der Waals surface area contributed by atoms with Gasteiger partial charge in [0.2, 0.25) is 11.7 Å². The second kappa shape index (κ2) is 5.27. The molecular formula is C15H17F2N3O. The molecule has 0 fully saturated rings. The smallest absolute Gasteiger partial charge is 0.227 e. The summed E-state index contributed by atoms with van der Waals surface area (Å²) in [5, 5.41) is 0. The minimum absolute atomic E-state index is 0.122. The SMILES string of the molecule is Cc1c(N)nc(C(C)(C)C)nc1Oc1cccc(F)c1F. The summed E-state index contributed by atoms with van der Waals surface area (Å²) < 4.78 is 32.3. The van der Waals surface area contributed by atoms with E-state index in [1.165, 1.54) is 12.1 Å². The minimum Gasteiger partial charge on any atom is -0.435 e. The van der Waals surface area contributed by atoms with Crippen molar-refractivity contribution in [3.05, 3.63) is 41.2 Å². The first-order chi connectivity index (χ1) is 9.70. The van der Waals surface area contributed by atoms with Gasteiger partial charge in [-0.1, -0.05) is 26.8 Å². The zero-order valence-corrected chi connectivity index (χ0v) is 12.4. The Bertz CT molecular complexity index is 681. The molecule has 0 saturated heterocycles. The molecule has 0 bridgehead atoms. The Hall–Kier alpha value is -2.24. The van der Waals surface area contributed by atoms with Crippen LogP contribution in [0.3, 0.4) is 0 Å². The zero-order valence-electron chi connectivity index (χ0n) is 12.4. The van der Waals surface area contributed by atoms with E-state index in [-0.39, 0.29) is 22.9 Å². The van der Waals surface area contributed by atoms with E-state index in [2.05, 4.69) is 9.97 Å². The summed E-state index contributed by atoms with van der Waals surface area (Å²) >= 11 is 0. The highest BCUT2D eigenvalue weighted by atomic mass is 19.2. The number of aromatic nitrogens is 2. The van der Waals surface area contributed by atoms with Gasteiger partial charge in [-0.2, -0.15) is 9.37 Å². The predicted molar refractivity (Wildman–Crippen MR) is 76.3 cm³/mol. The highest BCUT2D eigenvalue weighted by Gasteiger charge is 2.22. The number of halogens is 2. The van der Waals surface area contributed by atoms with Crippen LogP contribution >= 0.6 is 0 Å². The summed E-state index contributed by atoms with van der Waals surface area (Å²) in [5.74, 6) is -1.44. The molecule has 1 aromatic heterocycles. The Balaban J connectivity index is 2.49. The van der Waals surface area contributed by atoms with Gasteiger partial charge >= 0.3 is 0 Å². The van der Waals surface area contributed by atoms with E-state index in [1.807, 2.05) is 20.8 Å². The molecule has 2 aromatic rings. The predicted octanol–water partition coefficient (Wildman–Crippen LogP) is 3.74. The highest BCUT2D eigenvalue weighted by Crippen LogP contribution is 2.31. The molecule has 0 aliphatic carbocycles. The van der Waals surface area contributed by atoms with Gasteiger partial charge in [0.15, 0.2) is 11.6 Å². The lowest BCUT2D eigenvalue weighted by atomic mass is 9.95. The third kappa shape index (κ3) is 3.09. The summed E-state index contributed by atoms with van der Waals surface area (Å²) in [5.41, 5.74) is 5.97. The molecule has 1 heterocycles. The van der Waals surface area contributed by atoms with Crippen molar-refractivity contribution in [2.45, 2.75) is 33.1 Å². The summed E-state index contributed by atoms with van der Waals surface area (Å²) in [7, 11) is 0. The topological polar surface area (TPSA) is 61.0 Å². The van der Waals surface area contributed by atoms with Crippen molar-refractivity contribution in [2.75, 3.05) is 5.73 Å². The van der Waals surface area contributed by atoms with Crippen molar-refractivity contribution >= 4 is 5.82 Å². The lowest BCUT2D eigenvalue weighted by Crippen LogP contribution is -2.18. The molecule has 21 heavy (non-hydrogen) atoms. The number of ether oxygens (including phenoxy) is 1. The van der Waals surface area contributed by atoms with Crippen LogP contribution in [0.5, 0.6) is 11.6 Å². The first kappa shape index (κ1) is 15.2. The third-order valence-corrected chi connectivity index (χ3v) is 2.93. The van der Waals surface area contributed by atoms with Crippen molar-refractivity contribution < 1.29 is 13.5 Å². The zero-order chi connectivity index (χ0) is 15.8. The molecule has 0 spiro atoms. The molecule has 0 saturated carbocycles. The van der Waals surface area contributed by atoms with E-state index in [0.717, 1.165) is 6.07 Å². The molecule has 0 amide bonds. The first-order valence-corrected chi connectivity index (χ1v) is 6.46. The molecule has 2 N–H and O–H groups in total. The number of nitrogens with zero attached hydrogens (tertiary/aromatic N) is 2. The van der Waals surface area contributed by atoms with E-state index < -0.39 is 11.6 Å². The quantitative estimate of drug-likeness (QED) is 0.916. The van der Waals surface area contributed by atoms with Gasteiger partial charge in [-0.15, -0.1) is 0 Å². The van der Waals surface area contributed by atoms with Gasteiger partial charge in [0, 0.05) is 5.41 Å². The average molecular weight is 293 g/mol. The van der Waals surface area contributed by atoms with Crippen molar-refractivity contribution in [1.29, 1.82) is 0 Å². The van der Waals surface area contributed by atoms with Crippen LogP contribution in [-0.4, -0.2) is 9.97 Å². The Morgan fingerprint density at radius 1 is 1.14 bits per heavy atom. The van der Waals surface area contributed by atoms with E-state index in [9.17, 15) is 8.78 Å². The van der Waals surface area contributed by atoms with Crippen LogP contribution in [0.2, 0.25) is 0 Å². The number of benzene rings is 1. The summed E-state index contributed by atoms with van der Waals surface area (Å²) in [6.07, 6.45) is 0. The van der Waals surface area contributed by atoms with Crippen LogP contribution in [0.4, 0.5) is 14.6 Å². The molecule has 0 unspecified atom stereocenters. The Labute approximate surface area is 122 Å². The maximum atomic E-state index is 13.7. The molecule has 112 valence electrons. The Morgan fingerprint density at radius 3 is 2.43 bits per heavy atom. The fourth-order valence-electron chi connectivity index (χ4n) is 1.61. The van der Waals surface area contributed by atoms with Gasteiger partial charge in [-0.3, -0.25) is 0 Å². The maximum absolute atomic E-state index is 13.7. The van der Waals surface area contributed by atoms with E-state index in [0.29, 0.717) is 11.4 Å². The second-order valence-corrected chi connectivity index (χ2v) is 5.77. The molecule has 0 aliphatic heterocycles. The number of anilines is 1. The summed E-state index contributed by atoms with van der Waals surface area (Å²) in [4.78, 5) is 8.47. The number of nitrogens with two attached hydrogens (primary N) is 1. The van der Waals surface area contributed by atoms with Gasteiger partial charge in [-0.05, 0) is 19.1 Å². The Morgan fingerprint density at radius 2 is 1.81 bits per heavy atom. The second-order valence-electron chi connectivity index (χ2n) is 5.77. The van der Waals surface area contributed by atoms with Crippen LogP contribution in [0.25, 0.3) is 0 Å². The number of nitrogen functional groups attached to an aromatic ring is 1. The molecule has 0 atom stereocenters. The van der Waals surface area contributed by atoms with Crippen LogP contribution < -0.4 is 10.5 Å². The molecular weight excluding hydrogens is 276 g/mol. The van der Waals surface area contributed by atoms with Crippen molar-refractivity contribution in [1.82, 2.24) is 9.97 Å². The van der Waals surface area contributed by atoms with Gasteiger partial charge in [0.1, 0.15) is 11.6 Å². The molecule has 2 rings (SSSR count). The molecule has 4 nitrogen and oxygen atoms in total. The average Bonchev–Trinajstić information content (AvgIpc) is 2.38. The fraction of sp³-hybridized carbons (Fsp3) is 0.333. The third-order valence-electron chi connectivity index (χ3n) is 2.93. The number of rotatable bonds is 2. The van der Waals surface area contributed by atoms with Crippen molar-refractivity contribution in [3.63, 3.8) is 0 Å². The summed E-state index contributed by atoms with van der Waals surface area (Å²) in [6, 6.07) is 3.70. The normalized spacial score (nSPS) is 11.5. The van der Waals surface area contributed by atoms with Crippen LogP contribution in [0, 0.1) is 18.6 Å². The maximum Gasteiger partial charge on any atom is 0.227 e. The fourth-order valence-corrected chi connectivity index (χ4v) is 1.61. The molecule has 0 aliphatic rings. The lowest BCUT2D eigenvalue weighted by molar-refractivity contribution is 0.397. The van der Waals surface area contributed by atoms with E-state index in [4.69, 9.17) is 10.5 Å². The number of hydrogen-bond donors (Lipinski definition) is 1. The molecule has 1 aromatic carbocycles. The number of hydrogen-bond acceptors (Lipinski definition) is 4. The Kier molecular flexibility index (Phi) is 3.80. The monoisotopic (exact) mass is 293 g/mol. The van der Waals surface area contributed by atoms with Crippen LogP contribution in [0.15, 0.2) is 18.2 Å². The lowest BCUT2D eigenvalue weighted by Gasteiger charge is -2.19.